The van der Waals surface area contributed by atoms with Gasteiger partial charge < -0.3 is 0 Å². The highest BCUT2D eigenvalue weighted by atomic mass is 31.2. The predicted octanol–water partition coefficient (Wildman–Crippen LogP) is 7.62. The highest BCUT2D eigenvalue weighted by Gasteiger charge is 2.44. The van der Waals surface area contributed by atoms with Gasteiger partial charge in [0.25, 0.3) is 0 Å². The molecule has 172 valence electrons. The van der Waals surface area contributed by atoms with E-state index in [9.17, 15) is 0 Å². The van der Waals surface area contributed by atoms with Crippen LogP contribution >= 0.6 is 7.26 Å². The largest absolute Gasteiger partial charge is 0.116 e. The molecule has 0 fully saturated rings. The van der Waals surface area contributed by atoms with E-state index in [1.54, 1.807) is 0 Å². The molecule has 34 heavy (non-hydrogen) atoms. The summed E-state index contributed by atoms with van der Waals surface area (Å²) >= 11 is 0. The summed E-state index contributed by atoms with van der Waals surface area (Å²) in [6.45, 7) is 8.60. The van der Waals surface area contributed by atoms with E-state index in [0.29, 0.717) is 0 Å². The molecule has 3 rings (SSSR count). The number of allylic oxidation sites excluding steroid dienone is 6. The zero-order chi connectivity index (χ0) is 24.2. The van der Waals surface area contributed by atoms with Crippen LogP contribution in [0.2, 0.25) is 0 Å². The highest BCUT2D eigenvalue weighted by molar-refractivity contribution is 7.95. The molecular formula is C33H36P+. The molecule has 0 spiro atoms. The van der Waals surface area contributed by atoms with Crippen LogP contribution in [-0.4, -0.2) is 6.16 Å². The average molecular weight is 464 g/mol. The normalized spacial score (nSPS) is 12.0. The molecule has 1 heteroatoms. The van der Waals surface area contributed by atoms with Crippen molar-refractivity contribution >= 4 is 23.2 Å². The predicted molar refractivity (Wildman–Crippen MR) is 154 cm³/mol. The topological polar surface area (TPSA) is 0 Å². The fraction of sp³-hybridized carbons (Fsp3) is 0.212. The lowest BCUT2D eigenvalue weighted by Crippen LogP contribution is -2.33. The molecule has 0 nitrogen and oxygen atoms in total. The molecule has 0 atom stereocenters. The summed E-state index contributed by atoms with van der Waals surface area (Å²) in [5.41, 5.74) is 3.83. The maximum absolute atomic E-state index is 3.38. The van der Waals surface area contributed by atoms with Gasteiger partial charge in [-0.05, 0) is 94.7 Å². The molecule has 0 aromatic heterocycles. The van der Waals surface area contributed by atoms with Gasteiger partial charge in [-0.3, -0.25) is 0 Å². The van der Waals surface area contributed by atoms with Crippen molar-refractivity contribution in [1.29, 1.82) is 0 Å². The lowest BCUT2D eigenvalue weighted by Gasteiger charge is -2.26. The Morgan fingerprint density at radius 1 is 0.676 bits per heavy atom. The van der Waals surface area contributed by atoms with Crippen molar-refractivity contribution in [2.45, 2.75) is 40.5 Å². The molecule has 0 saturated heterocycles. The summed E-state index contributed by atoms with van der Waals surface area (Å²) in [4.78, 5) is 0. The molecule has 3 aromatic rings. The van der Waals surface area contributed by atoms with Crippen molar-refractivity contribution in [3.05, 3.63) is 126 Å². The second-order valence-electron chi connectivity index (χ2n) is 8.97. The Labute approximate surface area is 207 Å². The first kappa shape index (κ1) is 25.5. The quantitative estimate of drug-likeness (QED) is 0.183. The van der Waals surface area contributed by atoms with E-state index in [0.717, 1.165) is 24.6 Å². The minimum Gasteiger partial charge on any atom is -0.0856 e. The van der Waals surface area contributed by atoms with Gasteiger partial charge in [0.05, 0.1) is 6.16 Å². The number of hydrogen-bond acceptors (Lipinski definition) is 0. The van der Waals surface area contributed by atoms with Crippen LogP contribution in [0.5, 0.6) is 0 Å². The van der Waals surface area contributed by atoms with Gasteiger partial charge in [0, 0.05) is 0 Å². The van der Waals surface area contributed by atoms with E-state index >= 15 is 0 Å². The van der Waals surface area contributed by atoms with E-state index < -0.39 is 7.26 Å². The maximum Gasteiger partial charge on any atom is 0.116 e. The molecule has 0 aliphatic carbocycles. The molecule has 0 bridgehead atoms. The van der Waals surface area contributed by atoms with Crippen LogP contribution in [0, 0.1) is 11.8 Å². The summed E-state index contributed by atoms with van der Waals surface area (Å²) in [7, 11) is -1.85. The molecule has 3 aromatic carbocycles. The summed E-state index contributed by atoms with van der Waals surface area (Å²) in [6.07, 6.45) is 9.81. The van der Waals surface area contributed by atoms with Gasteiger partial charge in [0.2, 0.25) is 0 Å². The first-order valence-corrected chi connectivity index (χ1v) is 14.0. The lowest BCUT2D eigenvalue weighted by molar-refractivity contribution is 0.968. The molecule has 0 radical (unpaired) electrons. The van der Waals surface area contributed by atoms with Gasteiger partial charge in [-0.2, -0.15) is 0 Å². The third-order valence-electron chi connectivity index (χ3n) is 5.94. The Morgan fingerprint density at radius 3 is 1.59 bits per heavy atom. The van der Waals surface area contributed by atoms with Gasteiger partial charge in [-0.15, -0.1) is 0 Å². The van der Waals surface area contributed by atoms with Crippen molar-refractivity contribution in [3.8, 4) is 11.8 Å². The van der Waals surface area contributed by atoms with Crippen LogP contribution in [0.3, 0.4) is 0 Å². The van der Waals surface area contributed by atoms with Crippen LogP contribution in [0.25, 0.3) is 0 Å². The van der Waals surface area contributed by atoms with Gasteiger partial charge in [-0.25, -0.2) is 0 Å². The standard InChI is InChI=1S/C33H36P/c1-28(2)16-14-17-29(3)18-15-19-30(4)26-27-34(31-20-8-5-9-21-31,32-22-10-6-11-23-32)33-24-12-7-13-25-33/h5-13,16,18,20-26H,14,17,27H2,1-4H3/q+1/b29-18+,30-26-. The van der Waals surface area contributed by atoms with E-state index in [1.165, 1.54) is 27.1 Å². The van der Waals surface area contributed by atoms with E-state index in [4.69, 9.17) is 0 Å². The molecular weight excluding hydrogens is 427 g/mol. The van der Waals surface area contributed by atoms with Crippen LogP contribution in [0.4, 0.5) is 0 Å². The maximum atomic E-state index is 3.38. The summed E-state index contributed by atoms with van der Waals surface area (Å²) in [6, 6.07) is 33.0. The van der Waals surface area contributed by atoms with E-state index in [1.807, 2.05) is 0 Å². The number of hydrogen-bond donors (Lipinski definition) is 0. The summed E-state index contributed by atoms with van der Waals surface area (Å²) in [5.74, 6) is 6.67. The average Bonchev–Trinajstić information content (AvgIpc) is 2.86. The summed E-state index contributed by atoms with van der Waals surface area (Å²) in [5, 5.41) is 4.21. The van der Waals surface area contributed by atoms with Crippen molar-refractivity contribution in [1.82, 2.24) is 0 Å². The van der Waals surface area contributed by atoms with E-state index in [2.05, 4.69) is 149 Å². The second kappa shape index (κ2) is 12.9. The third-order valence-corrected chi connectivity index (χ3v) is 10.2. The van der Waals surface area contributed by atoms with Crippen LogP contribution in [0.15, 0.2) is 126 Å². The first-order valence-electron chi connectivity index (χ1n) is 12.0. The fourth-order valence-corrected chi connectivity index (χ4v) is 8.19. The minimum absolute atomic E-state index is 0.953. The Bertz CT molecular complexity index is 1090. The third kappa shape index (κ3) is 6.93. The molecule has 0 N–H and O–H groups in total. The zero-order valence-electron chi connectivity index (χ0n) is 21.0. The molecule has 0 aliphatic heterocycles. The van der Waals surface area contributed by atoms with Crippen LogP contribution < -0.4 is 15.9 Å². The Hall–Kier alpha value is -3.13. The second-order valence-corrected chi connectivity index (χ2v) is 12.5. The van der Waals surface area contributed by atoms with Gasteiger partial charge >= 0.3 is 0 Å². The molecule has 0 unspecified atom stereocenters. The Kier molecular flexibility index (Phi) is 9.70. The Balaban J connectivity index is 1.96. The lowest BCUT2D eigenvalue weighted by atomic mass is 10.1. The zero-order valence-corrected chi connectivity index (χ0v) is 21.9. The van der Waals surface area contributed by atoms with Gasteiger partial charge in [-0.1, -0.05) is 83.7 Å². The van der Waals surface area contributed by atoms with Gasteiger partial charge in [0.15, 0.2) is 0 Å². The fourth-order valence-electron chi connectivity index (χ4n) is 4.07. The SMILES string of the molecule is CC(C)=CCC/C(C)=C/C#C/C(C)=C\C[P+](c1ccccc1)(c1ccccc1)c1ccccc1. The first-order chi connectivity index (χ1) is 16.5. The smallest absolute Gasteiger partial charge is 0.0856 e. The molecule has 0 aliphatic rings. The van der Waals surface area contributed by atoms with Gasteiger partial charge in [0.1, 0.15) is 23.2 Å². The monoisotopic (exact) mass is 463 g/mol. The minimum atomic E-state index is -1.85. The van der Waals surface area contributed by atoms with Crippen LogP contribution in [-0.2, 0) is 0 Å². The summed E-state index contributed by atoms with van der Waals surface area (Å²) < 4.78 is 0. The molecule has 0 heterocycles. The molecule has 0 saturated carbocycles. The van der Waals surface area contributed by atoms with Crippen molar-refractivity contribution in [2.24, 2.45) is 0 Å². The Morgan fingerprint density at radius 2 is 1.15 bits per heavy atom. The van der Waals surface area contributed by atoms with Crippen LogP contribution in [0.1, 0.15) is 40.5 Å². The van der Waals surface area contributed by atoms with E-state index in [-0.39, 0.29) is 0 Å². The number of benzene rings is 3. The molecule has 0 amide bonds. The highest BCUT2D eigenvalue weighted by Crippen LogP contribution is 2.55. The number of rotatable bonds is 8. The van der Waals surface area contributed by atoms with Crippen molar-refractivity contribution in [2.75, 3.05) is 6.16 Å². The van der Waals surface area contributed by atoms with Crippen molar-refractivity contribution in [3.63, 3.8) is 0 Å². The van der Waals surface area contributed by atoms with Crippen molar-refractivity contribution < 1.29 is 0 Å².